The van der Waals surface area contributed by atoms with Gasteiger partial charge in [0.05, 0.1) is 17.8 Å². The van der Waals surface area contributed by atoms with Gasteiger partial charge in [0.25, 0.3) is 5.91 Å². The summed E-state index contributed by atoms with van der Waals surface area (Å²) in [7, 11) is 0. The quantitative estimate of drug-likeness (QED) is 0.371. The van der Waals surface area contributed by atoms with E-state index in [1.54, 1.807) is 12.1 Å². The van der Waals surface area contributed by atoms with E-state index >= 15 is 0 Å². The summed E-state index contributed by atoms with van der Waals surface area (Å²) in [4.78, 5) is 11.7. The van der Waals surface area contributed by atoms with Gasteiger partial charge in [-0.2, -0.15) is 0 Å². The van der Waals surface area contributed by atoms with Gasteiger partial charge in [-0.05, 0) is 30.3 Å². The number of para-hydroxylation sites is 2. The third-order valence-electron chi connectivity index (χ3n) is 5.28. The van der Waals surface area contributed by atoms with E-state index in [9.17, 15) is 9.35 Å². The predicted molar refractivity (Wildman–Crippen MR) is 115 cm³/mol. The molecule has 3 atom stereocenters. The summed E-state index contributed by atoms with van der Waals surface area (Å²) in [6, 6.07) is 22.5. The molecule has 1 amide bonds. The van der Waals surface area contributed by atoms with Gasteiger partial charge >= 0.3 is 0 Å². The van der Waals surface area contributed by atoms with Crippen LogP contribution >= 0.6 is 0 Å². The van der Waals surface area contributed by atoms with E-state index in [0.717, 1.165) is 21.3 Å². The van der Waals surface area contributed by atoms with E-state index in [0.29, 0.717) is 23.9 Å². The van der Waals surface area contributed by atoms with Gasteiger partial charge in [0.1, 0.15) is 18.1 Å². The molecule has 7 nitrogen and oxygen atoms in total. The van der Waals surface area contributed by atoms with Crippen LogP contribution in [0.5, 0.6) is 23.0 Å². The molecule has 3 aromatic rings. The van der Waals surface area contributed by atoms with Crippen LogP contribution in [0.2, 0.25) is 0 Å². The number of benzene rings is 3. The van der Waals surface area contributed by atoms with Gasteiger partial charge in [-0.25, -0.2) is 5.84 Å². The van der Waals surface area contributed by atoms with E-state index in [4.69, 9.17) is 20.1 Å². The molecule has 31 heavy (non-hydrogen) atoms. The summed E-state index contributed by atoms with van der Waals surface area (Å²) in [5, 5.41) is -0.431. The van der Waals surface area contributed by atoms with Crippen LogP contribution in [0, 0.1) is 0 Å². The Bertz CT molecular complexity index is 1090. The van der Waals surface area contributed by atoms with Gasteiger partial charge < -0.3 is 18.8 Å². The fourth-order valence-corrected chi connectivity index (χ4v) is 4.92. The molecule has 8 heteroatoms. The molecule has 2 N–H and O–H groups in total. The van der Waals surface area contributed by atoms with E-state index < -0.39 is 16.6 Å². The van der Waals surface area contributed by atoms with Crippen molar-refractivity contribution in [2.75, 3.05) is 6.61 Å². The Kier molecular flexibility index (Phi) is 5.19. The minimum absolute atomic E-state index is 0.136. The lowest BCUT2D eigenvalue weighted by atomic mass is 10.1. The predicted octanol–water partition coefficient (Wildman–Crippen LogP) is 3.80. The summed E-state index contributed by atoms with van der Waals surface area (Å²) in [6.07, 6.45) is -0.140. The fraction of sp³-hybridized carbons (Fsp3) is 0.174. The maximum atomic E-state index is 12.2. The zero-order chi connectivity index (χ0) is 21.4. The molecule has 0 spiro atoms. The summed E-state index contributed by atoms with van der Waals surface area (Å²) >= 11 is -1.56. The van der Waals surface area contributed by atoms with Gasteiger partial charge in [0.2, 0.25) is 0 Å². The average molecular weight is 436 g/mol. The van der Waals surface area contributed by atoms with Crippen molar-refractivity contribution in [2.45, 2.75) is 17.8 Å². The minimum atomic E-state index is -1.56. The molecular weight excluding hydrogens is 416 g/mol. The second-order valence-corrected chi connectivity index (χ2v) is 8.78. The monoisotopic (exact) mass is 436 g/mol. The van der Waals surface area contributed by atoms with Gasteiger partial charge in [0.15, 0.2) is 22.9 Å². The van der Waals surface area contributed by atoms with Gasteiger partial charge in [-0.1, -0.05) is 46.9 Å². The number of hydrogen-bond donors (Lipinski definition) is 1. The van der Waals surface area contributed by atoms with Crippen LogP contribution in [0.1, 0.15) is 28.9 Å². The highest BCUT2D eigenvalue weighted by molar-refractivity contribution is 7.90. The maximum absolute atomic E-state index is 12.2. The number of nitrogens with two attached hydrogens (primary N) is 1. The summed E-state index contributed by atoms with van der Waals surface area (Å²) in [6.45, 7) is 0.371. The number of fused-ring (bicyclic) bond motifs is 1. The van der Waals surface area contributed by atoms with Gasteiger partial charge in [0, 0.05) is 11.1 Å². The first kappa shape index (κ1) is 19.7. The van der Waals surface area contributed by atoms with Crippen molar-refractivity contribution >= 4 is 17.3 Å². The van der Waals surface area contributed by atoms with E-state index in [2.05, 4.69) is 0 Å². The van der Waals surface area contributed by atoms with E-state index in [1.165, 1.54) is 0 Å². The number of hydrazine groups is 1. The number of nitrogens with zero attached hydrogens (tertiary/aromatic N) is 1. The van der Waals surface area contributed by atoms with Crippen molar-refractivity contribution in [3.05, 3.63) is 83.9 Å². The summed E-state index contributed by atoms with van der Waals surface area (Å²) in [5.74, 6) is 7.91. The SMILES string of the molecule is NN1C(=O)CC(c2ccc(O[C@@H]3COc4c(Oc5ccccc5)cccc43)cc2)[S+]1[O-]. The van der Waals surface area contributed by atoms with Gasteiger partial charge in [-0.15, -0.1) is 0 Å². The molecule has 1 fully saturated rings. The highest BCUT2D eigenvalue weighted by Gasteiger charge is 2.43. The number of amides is 1. The molecule has 158 valence electrons. The Morgan fingerprint density at radius 1 is 1.00 bits per heavy atom. The van der Waals surface area contributed by atoms with Crippen LogP contribution in [0.4, 0.5) is 0 Å². The highest BCUT2D eigenvalue weighted by atomic mass is 32.2. The number of rotatable bonds is 5. The van der Waals surface area contributed by atoms with Crippen molar-refractivity contribution in [2.24, 2.45) is 5.84 Å². The Morgan fingerprint density at radius 3 is 2.48 bits per heavy atom. The lowest BCUT2D eigenvalue weighted by molar-refractivity contribution is -0.125. The maximum Gasteiger partial charge on any atom is 0.287 e. The molecule has 0 saturated carbocycles. The lowest BCUT2D eigenvalue weighted by Crippen LogP contribution is -2.36. The van der Waals surface area contributed by atoms with Crippen LogP contribution in [0.15, 0.2) is 72.8 Å². The average Bonchev–Trinajstić information content (AvgIpc) is 3.32. The summed E-state index contributed by atoms with van der Waals surface area (Å²) < 4.78 is 31.0. The fourth-order valence-electron chi connectivity index (χ4n) is 3.70. The molecule has 2 heterocycles. The summed E-state index contributed by atoms with van der Waals surface area (Å²) in [5.41, 5.74) is 1.70. The normalized spacial score (nSPS) is 22.2. The topological polar surface area (TPSA) is 97.1 Å². The molecule has 2 unspecified atom stereocenters. The molecule has 0 bridgehead atoms. The number of hydrogen-bond acceptors (Lipinski definition) is 6. The van der Waals surface area contributed by atoms with Crippen molar-refractivity contribution in [3.63, 3.8) is 0 Å². The Balaban J connectivity index is 1.30. The second kappa shape index (κ2) is 8.14. The van der Waals surface area contributed by atoms with Crippen molar-refractivity contribution in [1.29, 1.82) is 0 Å². The van der Waals surface area contributed by atoms with Crippen molar-refractivity contribution in [3.8, 4) is 23.0 Å². The zero-order valence-corrected chi connectivity index (χ0v) is 17.3. The molecule has 5 rings (SSSR count). The molecule has 0 radical (unpaired) electrons. The second-order valence-electron chi connectivity index (χ2n) is 7.26. The minimum Gasteiger partial charge on any atom is -0.591 e. The number of carbonyl (C=O) groups excluding carboxylic acids is 1. The first-order valence-corrected chi connectivity index (χ1v) is 11.0. The molecular formula is C23H20N2O5S. The zero-order valence-electron chi connectivity index (χ0n) is 16.5. The Labute approximate surface area is 182 Å². The van der Waals surface area contributed by atoms with E-state index in [-0.39, 0.29) is 18.4 Å². The first-order chi connectivity index (χ1) is 15.1. The highest BCUT2D eigenvalue weighted by Crippen LogP contribution is 2.43. The molecule has 0 aliphatic carbocycles. The van der Waals surface area contributed by atoms with Crippen LogP contribution in [0.3, 0.4) is 0 Å². The number of ether oxygens (including phenoxy) is 3. The van der Waals surface area contributed by atoms with Gasteiger partial charge in [-0.3, -0.25) is 4.79 Å². The van der Waals surface area contributed by atoms with Crippen LogP contribution in [-0.2, 0) is 16.2 Å². The van der Waals surface area contributed by atoms with Crippen LogP contribution in [-0.4, -0.2) is 21.5 Å². The third kappa shape index (κ3) is 3.81. The van der Waals surface area contributed by atoms with Crippen LogP contribution < -0.4 is 20.1 Å². The van der Waals surface area contributed by atoms with Crippen molar-refractivity contribution in [1.82, 2.24) is 4.41 Å². The standard InChI is InChI=1S/C23H20N2O5S/c24-25-22(26)13-21(31(25)27)15-9-11-17(12-10-15)30-20-14-28-23-18(20)7-4-8-19(23)29-16-5-2-1-3-6-16/h1-12,20-21H,13-14,24H2/t20-,21?,31?/m1/s1. The Morgan fingerprint density at radius 2 is 1.77 bits per heavy atom. The van der Waals surface area contributed by atoms with E-state index in [1.807, 2.05) is 60.7 Å². The Hall–Kier alpha value is -3.20. The molecule has 3 aromatic carbocycles. The molecule has 2 aliphatic rings. The third-order valence-corrected chi connectivity index (χ3v) is 6.80. The number of carbonyl (C=O) groups is 1. The van der Waals surface area contributed by atoms with Crippen molar-refractivity contribution < 1.29 is 23.6 Å². The molecule has 2 aliphatic heterocycles. The smallest absolute Gasteiger partial charge is 0.287 e. The first-order valence-electron chi connectivity index (χ1n) is 9.84. The largest absolute Gasteiger partial charge is 0.591 e. The molecule has 0 aromatic heterocycles. The van der Waals surface area contributed by atoms with Crippen LogP contribution in [0.25, 0.3) is 0 Å². The molecule has 1 saturated heterocycles. The lowest BCUT2D eigenvalue weighted by Gasteiger charge is -2.17.